The summed E-state index contributed by atoms with van der Waals surface area (Å²) in [4.78, 5) is 11.1. The maximum absolute atomic E-state index is 12.3. The second-order valence-corrected chi connectivity index (χ2v) is 6.87. The quantitative estimate of drug-likeness (QED) is 0.724. The molecule has 0 aliphatic carbocycles. The summed E-state index contributed by atoms with van der Waals surface area (Å²) in [5, 5.41) is 0.324. The summed E-state index contributed by atoms with van der Waals surface area (Å²) in [5.74, 6) is 2.47. The minimum Gasteiger partial charge on any atom is -0.484 e. The molecule has 0 aromatic carbocycles. The summed E-state index contributed by atoms with van der Waals surface area (Å²) in [5.41, 5.74) is 1.71. The van der Waals surface area contributed by atoms with Crippen molar-refractivity contribution in [3.8, 4) is 18.1 Å². The monoisotopic (exact) mass is 413 g/mol. The van der Waals surface area contributed by atoms with Gasteiger partial charge in [0.2, 0.25) is 0 Å². The second kappa shape index (κ2) is 11.3. The average molecular weight is 413 g/mol. The first-order valence-electron chi connectivity index (χ1n) is 8.35. The van der Waals surface area contributed by atoms with Crippen molar-refractivity contribution in [3.05, 3.63) is 47.6 Å². The Morgan fingerprint density at radius 1 is 1.39 bits per heavy atom. The van der Waals surface area contributed by atoms with Crippen LogP contribution in [0, 0.1) is 19.3 Å². The largest absolute Gasteiger partial charge is 0.484 e. The molecule has 2 heterocycles. The number of allylic oxidation sites excluding steroid dienone is 2. The number of aromatic amines is 1. The fourth-order valence-electron chi connectivity index (χ4n) is 1.94. The Balaban J connectivity index is 0.000000696. The zero-order valence-corrected chi connectivity index (χ0v) is 16.7. The molecule has 2 aromatic heterocycles. The number of aryl methyl sites for hydroxylation is 1. The molecule has 0 aliphatic heterocycles. The second-order valence-electron chi connectivity index (χ2n) is 5.51. The van der Waals surface area contributed by atoms with Crippen molar-refractivity contribution < 1.29 is 22.1 Å². The SMILES string of the molecule is C#C/C=C\C.CCc1cnc(S(=O)Cc2nccc(OCC(F)(F)F)c2C)[nH]1. The van der Waals surface area contributed by atoms with Crippen molar-refractivity contribution >= 4 is 10.8 Å². The van der Waals surface area contributed by atoms with E-state index in [2.05, 4.69) is 20.9 Å². The molecule has 0 radical (unpaired) electrons. The highest BCUT2D eigenvalue weighted by molar-refractivity contribution is 7.84. The minimum atomic E-state index is -4.41. The van der Waals surface area contributed by atoms with Crippen LogP contribution in [0.3, 0.4) is 0 Å². The van der Waals surface area contributed by atoms with E-state index < -0.39 is 23.6 Å². The molecule has 1 N–H and O–H groups in total. The third kappa shape index (κ3) is 7.96. The molecule has 0 bridgehead atoms. The van der Waals surface area contributed by atoms with E-state index in [0.29, 0.717) is 16.4 Å². The number of hydrogen-bond acceptors (Lipinski definition) is 4. The highest BCUT2D eigenvalue weighted by Crippen LogP contribution is 2.24. The Morgan fingerprint density at radius 2 is 2.11 bits per heavy atom. The Morgan fingerprint density at radius 3 is 2.61 bits per heavy atom. The van der Waals surface area contributed by atoms with Gasteiger partial charge in [0.15, 0.2) is 11.8 Å². The Labute approximate surface area is 164 Å². The maximum atomic E-state index is 12.3. The number of aromatic nitrogens is 3. The first kappa shape index (κ1) is 23.4. The third-order valence-corrected chi connectivity index (χ3v) is 4.56. The molecule has 0 amide bonds. The normalized spacial score (nSPS) is 12.2. The number of ether oxygens (including phenoxy) is 1. The van der Waals surface area contributed by atoms with E-state index in [1.54, 1.807) is 19.2 Å². The maximum Gasteiger partial charge on any atom is 0.422 e. The van der Waals surface area contributed by atoms with Crippen LogP contribution in [-0.2, 0) is 23.0 Å². The fraction of sp³-hybridized carbons (Fsp3) is 0.368. The molecule has 0 saturated carbocycles. The van der Waals surface area contributed by atoms with Gasteiger partial charge in [-0.3, -0.25) is 9.19 Å². The van der Waals surface area contributed by atoms with Gasteiger partial charge >= 0.3 is 6.18 Å². The van der Waals surface area contributed by atoms with Crippen molar-refractivity contribution in [2.45, 2.75) is 44.3 Å². The van der Waals surface area contributed by atoms with E-state index in [4.69, 9.17) is 11.2 Å². The summed E-state index contributed by atoms with van der Waals surface area (Å²) in [6.07, 6.45) is 7.55. The van der Waals surface area contributed by atoms with E-state index in [-0.39, 0.29) is 11.5 Å². The van der Waals surface area contributed by atoms with Gasteiger partial charge in [0, 0.05) is 23.7 Å². The molecule has 0 spiro atoms. The van der Waals surface area contributed by atoms with Crippen molar-refractivity contribution in [2.75, 3.05) is 6.61 Å². The molecule has 0 aliphatic rings. The molecule has 2 rings (SSSR count). The molecule has 0 saturated heterocycles. The highest BCUT2D eigenvalue weighted by atomic mass is 32.2. The van der Waals surface area contributed by atoms with Gasteiger partial charge in [-0.15, -0.1) is 6.42 Å². The lowest BCUT2D eigenvalue weighted by molar-refractivity contribution is -0.153. The van der Waals surface area contributed by atoms with Crippen molar-refractivity contribution in [3.63, 3.8) is 0 Å². The number of terminal acetylenes is 1. The predicted molar refractivity (Wildman–Crippen MR) is 102 cm³/mol. The summed E-state index contributed by atoms with van der Waals surface area (Å²) >= 11 is 0. The van der Waals surface area contributed by atoms with Gasteiger partial charge < -0.3 is 9.72 Å². The number of halogens is 3. The van der Waals surface area contributed by atoms with Crippen molar-refractivity contribution in [1.82, 2.24) is 15.0 Å². The number of nitrogens with one attached hydrogen (secondary N) is 1. The van der Waals surface area contributed by atoms with E-state index in [0.717, 1.165) is 12.1 Å². The first-order chi connectivity index (χ1) is 13.2. The summed E-state index contributed by atoms with van der Waals surface area (Å²) in [6.45, 7) is 4.04. The van der Waals surface area contributed by atoms with Crippen LogP contribution in [0.5, 0.6) is 5.75 Å². The van der Waals surface area contributed by atoms with Gasteiger partial charge in [0.1, 0.15) is 5.75 Å². The number of imidazole rings is 1. The summed E-state index contributed by atoms with van der Waals surface area (Å²) in [7, 11) is -1.46. The van der Waals surface area contributed by atoms with Gasteiger partial charge in [0.25, 0.3) is 0 Å². The van der Waals surface area contributed by atoms with Crippen molar-refractivity contribution in [2.24, 2.45) is 0 Å². The molecule has 28 heavy (non-hydrogen) atoms. The molecule has 2 aromatic rings. The number of hydrogen-bond donors (Lipinski definition) is 1. The number of nitrogens with zero attached hydrogens (tertiary/aromatic N) is 2. The number of H-pyrrole nitrogens is 1. The molecular formula is C19H22F3N3O2S. The van der Waals surface area contributed by atoms with Crippen LogP contribution < -0.4 is 4.74 Å². The smallest absolute Gasteiger partial charge is 0.422 e. The lowest BCUT2D eigenvalue weighted by Crippen LogP contribution is -2.20. The van der Waals surface area contributed by atoms with Gasteiger partial charge in [-0.05, 0) is 32.4 Å². The van der Waals surface area contributed by atoms with Crippen LogP contribution in [0.15, 0.2) is 35.8 Å². The molecule has 1 atom stereocenters. The lowest BCUT2D eigenvalue weighted by atomic mass is 10.2. The molecule has 5 nitrogen and oxygen atoms in total. The number of pyridine rings is 1. The molecule has 1 unspecified atom stereocenters. The van der Waals surface area contributed by atoms with E-state index in [9.17, 15) is 17.4 Å². The van der Waals surface area contributed by atoms with Gasteiger partial charge in [0.05, 0.1) is 22.2 Å². The number of alkyl halides is 3. The van der Waals surface area contributed by atoms with Crippen LogP contribution in [0.4, 0.5) is 13.2 Å². The number of rotatable bonds is 6. The molecule has 152 valence electrons. The van der Waals surface area contributed by atoms with Crippen LogP contribution in [0.1, 0.15) is 30.8 Å². The van der Waals surface area contributed by atoms with Crippen LogP contribution >= 0.6 is 0 Å². The first-order valence-corrected chi connectivity index (χ1v) is 9.67. The van der Waals surface area contributed by atoms with Crippen LogP contribution in [0.2, 0.25) is 0 Å². The summed E-state index contributed by atoms with van der Waals surface area (Å²) < 4.78 is 53.8. The Hall–Kier alpha value is -2.60. The molecule has 9 heteroatoms. The highest BCUT2D eigenvalue weighted by Gasteiger charge is 2.29. The van der Waals surface area contributed by atoms with Crippen molar-refractivity contribution in [1.29, 1.82) is 0 Å². The molecular weight excluding hydrogens is 391 g/mol. The van der Waals surface area contributed by atoms with Gasteiger partial charge in [-0.1, -0.05) is 18.9 Å². The van der Waals surface area contributed by atoms with Gasteiger partial charge in [-0.2, -0.15) is 13.2 Å². The molecule has 0 fully saturated rings. The van der Waals surface area contributed by atoms with E-state index in [1.165, 1.54) is 12.3 Å². The van der Waals surface area contributed by atoms with E-state index in [1.807, 2.05) is 19.9 Å². The Bertz CT molecular complexity index is 855. The van der Waals surface area contributed by atoms with Gasteiger partial charge in [-0.25, -0.2) is 4.98 Å². The Kier molecular flexibility index (Phi) is 9.45. The predicted octanol–water partition coefficient (Wildman–Crippen LogP) is 4.12. The standard InChI is InChI=1S/C14H16F3N3O2S.C5H6/c1-3-10-6-19-13(20-10)23(21)7-11-9(2)12(4-5-18-11)22-8-14(15,16)17;1-3-5-4-2/h4-6H,3,7-8H2,1-2H3,(H,19,20);1,4-5H,2H3/b;5-4-. The fourth-order valence-corrected chi connectivity index (χ4v) is 3.03. The van der Waals surface area contributed by atoms with Crippen LogP contribution in [0.25, 0.3) is 0 Å². The lowest BCUT2D eigenvalue weighted by Gasteiger charge is -2.13. The zero-order chi connectivity index (χ0) is 21.2. The minimum absolute atomic E-state index is 0.0473. The zero-order valence-electron chi connectivity index (χ0n) is 15.8. The van der Waals surface area contributed by atoms with Crippen LogP contribution in [-0.4, -0.2) is 31.9 Å². The topological polar surface area (TPSA) is 67.9 Å². The summed E-state index contributed by atoms with van der Waals surface area (Å²) in [6, 6.07) is 1.36. The average Bonchev–Trinajstić information content (AvgIpc) is 3.12. The van der Waals surface area contributed by atoms with E-state index >= 15 is 0 Å². The third-order valence-electron chi connectivity index (χ3n) is 3.38.